The summed E-state index contributed by atoms with van der Waals surface area (Å²) in [5.74, 6) is -0.785. The van der Waals surface area contributed by atoms with Gasteiger partial charge in [0.05, 0.1) is 5.69 Å². The molecule has 1 fully saturated rings. The summed E-state index contributed by atoms with van der Waals surface area (Å²) in [7, 11) is 0. The van der Waals surface area contributed by atoms with Crippen molar-refractivity contribution in [1.82, 2.24) is 19.5 Å². The fourth-order valence-corrected chi connectivity index (χ4v) is 4.31. The number of carbonyl (C=O) groups excluding carboxylic acids is 1. The van der Waals surface area contributed by atoms with E-state index in [4.69, 9.17) is 0 Å². The molecule has 0 spiro atoms. The van der Waals surface area contributed by atoms with Gasteiger partial charge >= 0.3 is 6.18 Å². The van der Waals surface area contributed by atoms with Crippen LogP contribution >= 0.6 is 0 Å². The monoisotopic (exact) mass is 497 g/mol. The zero-order valence-corrected chi connectivity index (χ0v) is 19.7. The molecule has 6 nitrogen and oxygen atoms in total. The summed E-state index contributed by atoms with van der Waals surface area (Å²) in [4.78, 5) is 21.1. The molecule has 0 N–H and O–H groups in total. The molecule has 1 saturated heterocycles. The summed E-state index contributed by atoms with van der Waals surface area (Å²) in [5, 5.41) is 4.00. The van der Waals surface area contributed by atoms with Crippen molar-refractivity contribution in [3.05, 3.63) is 82.9 Å². The van der Waals surface area contributed by atoms with Gasteiger partial charge in [0.25, 0.3) is 5.91 Å². The lowest BCUT2D eigenvalue weighted by atomic mass is 10.0. The molecule has 2 aromatic carbocycles. The minimum Gasteiger partial charge on any atom is -0.368 e. The Balaban J connectivity index is 1.43. The van der Waals surface area contributed by atoms with Crippen LogP contribution < -0.4 is 4.90 Å². The number of alkyl halides is 3. The predicted octanol–water partition coefficient (Wildman–Crippen LogP) is 5.13. The van der Waals surface area contributed by atoms with E-state index in [-0.39, 0.29) is 22.9 Å². The number of fused-ring (bicyclic) bond motifs is 1. The zero-order valence-electron chi connectivity index (χ0n) is 19.7. The van der Waals surface area contributed by atoms with Crippen molar-refractivity contribution in [2.24, 2.45) is 0 Å². The lowest BCUT2D eigenvalue weighted by Gasteiger charge is -2.35. The number of aromatic nitrogens is 3. The molecule has 0 bridgehead atoms. The highest BCUT2D eigenvalue weighted by atomic mass is 19.4. The molecule has 0 radical (unpaired) electrons. The van der Waals surface area contributed by atoms with Gasteiger partial charge in [-0.25, -0.2) is 13.9 Å². The third-order valence-corrected chi connectivity index (χ3v) is 6.50. The van der Waals surface area contributed by atoms with Gasteiger partial charge in [0.2, 0.25) is 0 Å². The topological polar surface area (TPSA) is 53.7 Å². The number of rotatable bonds is 3. The first-order valence-corrected chi connectivity index (χ1v) is 11.5. The molecule has 0 unspecified atom stereocenters. The SMILES string of the molecule is Cc1ccc(-c2cc(C(F)(F)F)n3nc(C(=O)N4CCN(c5ccc(F)cc5)CC4)cc3n2)cc1C. The van der Waals surface area contributed by atoms with Crippen molar-refractivity contribution < 1.29 is 22.4 Å². The van der Waals surface area contributed by atoms with Crippen molar-refractivity contribution >= 4 is 17.2 Å². The van der Waals surface area contributed by atoms with Gasteiger partial charge in [-0.3, -0.25) is 4.79 Å². The van der Waals surface area contributed by atoms with Gasteiger partial charge in [-0.2, -0.15) is 18.3 Å². The molecule has 1 amide bonds. The maximum Gasteiger partial charge on any atom is 0.433 e. The van der Waals surface area contributed by atoms with Crippen LogP contribution in [-0.2, 0) is 6.18 Å². The first kappa shape index (κ1) is 23.8. The molecule has 4 aromatic rings. The Hall–Kier alpha value is -3.95. The highest BCUT2D eigenvalue weighted by Crippen LogP contribution is 2.33. The second-order valence-electron chi connectivity index (χ2n) is 8.88. The summed E-state index contributed by atoms with van der Waals surface area (Å²) in [6, 6.07) is 13.7. The molecular weight excluding hydrogens is 474 g/mol. The fourth-order valence-electron chi connectivity index (χ4n) is 4.31. The normalized spacial score (nSPS) is 14.5. The molecule has 0 atom stereocenters. The first-order valence-electron chi connectivity index (χ1n) is 11.5. The van der Waals surface area contributed by atoms with Crippen LogP contribution in [0.25, 0.3) is 16.9 Å². The van der Waals surface area contributed by atoms with Crippen molar-refractivity contribution in [1.29, 1.82) is 0 Å². The van der Waals surface area contributed by atoms with E-state index in [1.807, 2.05) is 24.8 Å². The molecular formula is C26H23F4N5O. The van der Waals surface area contributed by atoms with E-state index in [0.717, 1.165) is 22.9 Å². The summed E-state index contributed by atoms with van der Waals surface area (Å²) in [6.07, 6.45) is -4.69. The quantitative estimate of drug-likeness (QED) is 0.368. The van der Waals surface area contributed by atoms with Crippen LogP contribution in [-0.4, -0.2) is 51.6 Å². The summed E-state index contributed by atoms with van der Waals surface area (Å²) in [6.45, 7) is 5.54. The maximum atomic E-state index is 13.9. The lowest BCUT2D eigenvalue weighted by molar-refractivity contribution is -0.142. The molecule has 0 aliphatic carbocycles. The van der Waals surface area contributed by atoms with Gasteiger partial charge in [-0.1, -0.05) is 12.1 Å². The number of hydrogen-bond acceptors (Lipinski definition) is 4. The van der Waals surface area contributed by atoms with E-state index in [9.17, 15) is 22.4 Å². The predicted molar refractivity (Wildman–Crippen MR) is 127 cm³/mol. The molecule has 1 aliphatic heterocycles. The van der Waals surface area contributed by atoms with Gasteiger partial charge in [-0.05, 0) is 61.4 Å². The van der Waals surface area contributed by atoms with Crippen molar-refractivity contribution in [2.75, 3.05) is 31.1 Å². The number of halogens is 4. The van der Waals surface area contributed by atoms with Crippen LogP contribution in [0.1, 0.15) is 27.3 Å². The van der Waals surface area contributed by atoms with Crippen molar-refractivity contribution in [3.8, 4) is 11.3 Å². The van der Waals surface area contributed by atoms with Crippen molar-refractivity contribution in [2.45, 2.75) is 20.0 Å². The van der Waals surface area contributed by atoms with E-state index in [1.165, 1.54) is 18.2 Å². The summed E-state index contributed by atoms with van der Waals surface area (Å²) in [5.41, 5.74) is 2.36. The minimum atomic E-state index is -4.69. The Labute approximate surface area is 204 Å². The van der Waals surface area contributed by atoms with E-state index < -0.39 is 17.8 Å². The minimum absolute atomic E-state index is 0.0497. The number of amides is 1. The van der Waals surface area contributed by atoms with Crippen LogP contribution in [0.2, 0.25) is 0 Å². The van der Waals surface area contributed by atoms with Gasteiger partial charge < -0.3 is 9.80 Å². The Kier molecular flexibility index (Phi) is 5.89. The largest absolute Gasteiger partial charge is 0.433 e. The highest BCUT2D eigenvalue weighted by molar-refractivity contribution is 5.93. The Morgan fingerprint density at radius 2 is 1.58 bits per heavy atom. The summed E-state index contributed by atoms with van der Waals surface area (Å²) < 4.78 is 55.7. The molecule has 0 saturated carbocycles. The molecule has 2 aromatic heterocycles. The molecule has 3 heterocycles. The van der Waals surface area contributed by atoms with Crippen LogP contribution in [0.5, 0.6) is 0 Å². The fraction of sp³-hybridized carbons (Fsp3) is 0.269. The lowest BCUT2D eigenvalue weighted by Crippen LogP contribution is -2.48. The smallest absolute Gasteiger partial charge is 0.368 e. The number of hydrogen-bond donors (Lipinski definition) is 0. The molecule has 36 heavy (non-hydrogen) atoms. The summed E-state index contributed by atoms with van der Waals surface area (Å²) >= 11 is 0. The number of nitrogens with zero attached hydrogens (tertiary/aromatic N) is 5. The number of benzene rings is 2. The second kappa shape index (κ2) is 8.92. The Morgan fingerprint density at radius 3 is 2.22 bits per heavy atom. The maximum absolute atomic E-state index is 13.9. The third kappa shape index (κ3) is 4.50. The average Bonchev–Trinajstić information content (AvgIpc) is 3.29. The molecule has 186 valence electrons. The molecule has 5 rings (SSSR count). The standard InChI is InChI=1S/C26H23F4N5O/c1-16-3-4-18(13-17(16)2)21-14-23(26(28,29)30)35-24(31-21)15-22(32-35)25(36)34-11-9-33(10-12-34)20-7-5-19(27)6-8-20/h3-8,13-15H,9-12H2,1-2H3. The van der Waals surface area contributed by atoms with E-state index >= 15 is 0 Å². The van der Waals surface area contributed by atoms with E-state index in [1.54, 1.807) is 29.2 Å². The number of piperazine rings is 1. The van der Waals surface area contributed by atoms with Gasteiger partial charge in [0.15, 0.2) is 17.0 Å². The van der Waals surface area contributed by atoms with Crippen molar-refractivity contribution in [3.63, 3.8) is 0 Å². The Bertz CT molecular complexity index is 1440. The number of aryl methyl sites for hydroxylation is 2. The number of anilines is 1. The van der Waals surface area contributed by atoms with Gasteiger partial charge in [0, 0.05) is 43.5 Å². The van der Waals surface area contributed by atoms with Crippen LogP contribution in [0.15, 0.2) is 54.6 Å². The van der Waals surface area contributed by atoms with Crippen LogP contribution in [0, 0.1) is 19.7 Å². The van der Waals surface area contributed by atoms with Gasteiger partial charge in [-0.15, -0.1) is 0 Å². The average molecular weight is 497 g/mol. The third-order valence-electron chi connectivity index (χ3n) is 6.50. The molecule has 10 heteroatoms. The van der Waals surface area contributed by atoms with Crippen LogP contribution in [0.3, 0.4) is 0 Å². The highest BCUT2D eigenvalue weighted by Gasteiger charge is 2.36. The molecule has 1 aliphatic rings. The van der Waals surface area contributed by atoms with Crippen LogP contribution in [0.4, 0.5) is 23.2 Å². The van der Waals surface area contributed by atoms with E-state index in [2.05, 4.69) is 10.1 Å². The Morgan fingerprint density at radius 1 is 0.889 bits per heavy atom. The van der Waals surface area contributed by atoms with E-state index in [0.29, 0.717) is 36.3 Å². The zero-order chi connectivity index (χ0) is 25.6. The van der Waals surface area contributed by atoms with Gasteiger partial charge in [0.1, 0.15) is 5.82 Å². The first-order chi connectivity index (χ1) is 17.1. The second-order valence-corrected chi connectivity index (χ2v) is 8.88. The number of carbonyl (C=O) groups is 1.